The van der Waals surface area contributed by atoms with Crippen LogP contribution < -0.4 is 0 Å². The summed E-state index contributed by atoms with van der Waals surface area (Å²) in [7, 11) is 3.59. The van der Waals surface area contributed by atoms with E-state index in [2.05, 4.69) is 11.8 Å². The maximum atomic E-state index is 11.8. The van der Waals surface area contributed by atoms with Crippen LogP contribution >= 0.6 is 0 Å². The molecule has 1 rings (SSSR count). The van der Waals surface area contributed by atoms with Gasteiger partial charge in [-0.05, 0) is 25.8 Å². The minimum absolute atomic E-state index is 0.0648. The first kappa shape index (κ1) is 17.6. The summed E-state index contributed by atoms with van der Waals surface area (Å²) in [5.41, 5.74) is 0.0648. The summed E-state index contributed by atoms with van der Waals surface area (Å²) in [5.74, 6) is -0.205. The van der Waals surface area contributed by atoms with Crippen LogP contribution in [0.25, 0.3) is 0 Å². The summed E-state index contributed by atoms with van der Waals surface area (Å²) < 4.78 is 21.7. The Morgan fingerprint density at radius 1 is 1.25 bits per heavy atom. The summed E-state index contributed by atoms with van der Waals surface area (Å²) in [6, 6.07) is 0. The van der Waals surface area contributed by atoms with Crippen LogP contribution in [0.3, 0.4) is 0 Å². The number of hydrogen-bond acceptors (Lipinski definition) is 6. The molecule has 0 radical (unpaired) electrons. The molecule has 0 bridgehead atoms. The molecule has 7 heteroatoms. The fourth-order valence-corrected chi connectivity index (χ4v) is 5.54. The Labute approximate surface area is 122 Å². The number of methoxy groups -OCH3 is 1. The molecule has 1 aliphatic heterocycles. The molecule has 0 N–H and O–H groups in total. The van der Waals surface area contributed by atoms with Gasteiger partial charge in [0.25, 0.3) is 0 Å². The maximum absolute atomic E-state index is 11.8. The van der Waals surface area contributed by atoms with Gasteiger partial charge in [-0.3, -0.25) is 9.69 Å². The van der Waals surface area contributed by atoms with E-state index in [1.54, 1.807) is 21.3 Å². The molecule has 6 nitrogen and oxygen atoms in total. The Bertz CT molecular complexity index is 303. The van der Waals surface area contributed by atoms with E-state index in [-0.39, 0.29) is 17.6 Å². The van der Waals surface area contributed by atoms with Crippen LogP contribution in [-0.4, -0.2) is 66.9 Å². The van der Waals surface area contributed by atoms with Crippen LogP contribution in [0.5, 0.6) is 0 Å². The summed E-state index contributed by atoms with van der Waals surface area (Å²) in [4.78, 5) is 14.0. The fraction of sp³-hybridized carbons (Fsp3) is 0.923. The van der Waals surface area contributed by atoms with Crippen molar-refractivity contribution in [2.45, 2.75) is 31.9 Å². The van der Waals surface area contributed by atoms with Crippen molar-refractivity contribution in [3.8, 4) is 0 Å². The SMILES string of the molecule is CCC(N1CCCC(C(=O)OC)C1)[Si](OC)(OC)OC. The lowest BCUT2D eigenvalue weighted by molar-refractivity contribution is -0.147. The van der Waals surface area contributed by atoms with Crippen molar-refractivity contribution in [2.24, 2.45) is 5.92 Å². The van der Waals surface area contributed by atoms with E-state index in [4.69, 9.17) is 18.0 Å². The molecule has 20 heavy (non-hydrogen) atoms. The lowest BCUT2D eigenvalue weighted by Crippen LogP contribution is -2.63. The van der Waals surface area contributed by atoms with Gasteiger partial charge in [0.15, 0.2) is 0 Å². The van der Waals surface area contributed by atoms with Crippen molar-refractivity contribution in [3.63, 3.8) is 0 Å². The van der Waals surface area contributed by atoms with Gasteiger partial charge in [-0.25, -0.2) is 0 Å². The topological polar surface area (TPSA) is 57.2 Å². The van der Waals surface area contributed by atoms with E-state index >= 15 is 0 Å². The predicted octanol–water partition coefficient (Wildman–Crippen LogP) is 1.07. The van der Waals surface area contributed by atoms with Crippen molar-refractivity contribution < 1.29 is 22.8 Å². The van der Waals surface area contributed by atoms with Crippen LogP contribution in [0.4, 0.5) is 0 Å². The van der Waals surface area contributed by atoms with Crippen LogP contribution in [0.15, 0.2) is 0 Å². The van der Waals surface area contributed by atoms with Gasteiger partial charge in [-0.2, -0.15) is 0 Å². The molecular weight excluding hydrogens is 278 g/mol. The van der Waals surface area contributed by atoms with Crippen molar-refractivity contribution in [2.75, 3.05) is 41.5 Å². The van der Waals surface area contributed by atoms with Crippen LogP contribution in [0, 0.1) is 5.92 Å². The molecule has 1 fully saturated rings. The molecule has 0 saturated carbocycles. The van der Waals surface area contributed by atoms with Gasteiger partial charge in [0.1, 0.15) is 0 Å². The molecule has 0 aromatic rings. The molecule has 0 aromatic heterocycles. The highest BCUT2D eigenvalue weighted by molar-refractivity contribution is 6.62. The Balaban J connectivity index is 2.85. The number of nitrogens with zero attached hydrogens (tertiary/aromatic N) is 1. The van der Waals surface area contributed by atoms with Crippen molar-refractivity contribution >= 4 is 14.8 Å². The third-order valence-electron chi connectivity index (χ3n) is 4.08. The second kappa shape index (κ2) is 8.09. The molecule has 0 amide bonds. The van der Waals surface area contributed by atoms with Crippen molar-refractivity contribution in [3.05, 3.63) is 0 Å². The zero-order valence-electron chi connectivity index (χ0n) is 13.2. The quantitative estimate of drug-likeness (QED) is 0.518. The number of piperidine rings is 1. The molecule has 0 spiro atoms. The number of carbonyl (C=O) groups excluding carboxylic acids is 1. The third kappa shape index (κ3) is 3.59. The van der Waals surface area contributed by atoms with E-state index < -0.39 is 8.80 Å². The van der Waals surface area contributed by atoms with Gasteiger partial charge in [0.2, 0.25) is 0 Å². The Hall–Kier alpha value is -0.473. The monoisotopic (exact) mass is 305 g/mol. The number of likely N-dealkylation sites (tertiary alicyclic amines) is 1. The Kier molecular flexibility index (Phi) is 7.11. The number of ether oxygens (including phenoxy) is 1. The molecule has 2 atom stereocenters. The smallest absolute Gasteiger partial charge is 0.469 e. The molecule has 1 heterocycles. The number of carbonyl (C=O) groups is 1. The van der Waals surface area contributed by atoms with Crippen LogP contribution in [-0.2, 0) is 22.8 Å². The summed E-state index contributed by atoms with van der Waals surface area (Å²) in [5, 5.41) is 0. The zero-order chi connectivity index (χ0) is 15.2. The molecule has 118 valence electrons. The molecule has 1 saturated heterocycles. The Morgan fingerprint density at radius 2 is 1.85 bits per heavy atom. The third-order valence-corrected chi connectivity index (χ3v) is 7.37. The first-order chi connectivity index (χ1) is 9.58. The van der Waals surface area contributed by atoms with Gasteiger partial charge in [0.05, 0.1) is 18.7 Å². The molecule has 0 aliphatic carbocycles. The highest BCUT2D eigenvalue weighted by atomic mass is 28.4. The second-order valence-electron chi connectivity index (χ2n) is 5.00. The van der Waals surface area contributed by atoms with Crippen LogP contribution in [0.2, 0.25) is 0 Å². The van der Waals surface area contributed by atoms with E-state index in [1.807, 2.05) is 0 Å². The van der Waals surface area contributed by atoms with E-state index in [1.165, 1.54) is 7.11 Å². The van der Waals surface area contributed by atoms with E-state index in [0.29, 0.717) is 6.54 Å². The number of esters is 1. The maximum Gasteiger partial charge on any atom is 0.518 e. The van der Waals surface area contributed by atoms with Gasteiger partial charge in [0, 0.05) is 27.9 Å². The lowest BCUT2D eigenvalue weighted by Gasteiger charge is -2.42. The lowest BCUT2D eigenvalue weighted by atomic mass is 9.98. The van der Waals surface area contributed by atoms with E-state index in [0.717, 1.165) is 25.8 Å². The van der Waals surface area contributed by atoms with Gasteiger partial charge in [-0.1, -0.05) is 6.92 Å². The first-order valence-electron chi connectivity index (χ1n) is 7.05. The summed E-state index contributed by atoms with van der Waals surface area (Å²) in [6.45, 7) is 3.69. The first-order valence-corrected chi connectivity index (χ1v) is 8.86. The summed E-state index contributed by atoms with van der Waals surface area (Å²) in [6.07, 6.45) is 2.70. The highest BCUT2D eigenvalue weighted by Crippen LogP contribution is 2.26. The van der Waals surface area contributed by atoms with Gasteiger partial charge >= 0.3 is 14.8 Å². The average molecular weight is 305 g/mol. The zero-order valence-corrected chi connectivity index (χ0v) is 14.2. The van der Waals surface area contributed by atoms with Crippen LogP contribution in [0.1, 0.15) is 26.2 Å². The molecular formula is C13H27NO5Si. The van der Waals surface area contributed by atoms with Crippen molar-refractivity contribution in [1.29, 1.82) is 0 Å². The molecule has 1 aliphatic rings. The molecule has 2 unspecified atom stereocenters. The number of hydrogen-bond donors (Lipinski definition) is 0. The predicted molar refractivity (Wildman–Crippen MR) is 77.2 cm³/mol. The minimum atomic E-state index is -2.73. The second-order valence-corrected chi connectivity index (χ2v) is 8.10. The van der Waals surface area contributed by atoms with Crippen molar-refractivity contribution in [1.82, 2.24) is 4.90 Å². The normalized spacial score (nSPS) is 22.6. The van der Waals surface area contributed by atoms with Gasteiger partial charge in [-0.15, -0.1) is 0 Å². The van der Waals surface area contributed by atoms with Gasteiger partial charge < -0.3 is 18.0 Å². The standard InChI is InChI=1S/C13H27NO5Si/c1-6-12(20(17-3,18-4)19-5)14-9-7-8-11(10-14)13(15)16-2/h11-12H,6-10H2,1-5H3. The van der Waals surface area contributed by atoms with E-state index in [9.17, 15) is 4.79 Å². The molecule has 0 aromatic carbocycles. The Morgan fingerprint density at radius 3 is 2.30 bits per heavy atom. The fourth-order valence-electron chi connectivity index (χ4n) is 3.04. The minimum Gasteiger partial charge on any atom is -0.469 e. The largest absolute Gasteiger partial charge is 0.518 e. The average Bonchev–Trinajstić information content (AvgIpc) is 2.52. The number of rotatable bonds is 7. The summed E-state index contributed by atoms with van der Waals surface area (Å²) >= 11 is 0. The highest BCUT2D eigenvalue weighted by Gasteiger charge is 2.50.